The number of hydrogen-bond acceptors (Lipinski definition) is 2. The van der Waals surface area contributed by atoms with Crippen molar-refractivity contribution >= 4 is 28.1 Å². The van der Waals surface area contributed by atoms with Gasteiger partial charge in [0, 0.05) is 32.8 Å². The Kier molecular flexibility index (Phi) is 5.29. The summed E-state index contributed by atoms with van der Waals surface area (Å²) in [5.74, 6) is 1.74. The van der Waals surface area contributed by atoms with Gasteiger partial charge in [-0.15, -0.1) is 0 Å². The van der Waals surface area contributed by atoms with Gasteiger partial charge in [0.25, 0.3) is 0 Å². The molecule has 0 bridgehead atoms. The molecule has 2 N–H and O–H groups in total. The van der Waals surface area contributed by atoms with Crippen LogP contribution in [0.1, 0.15) is 25.8 Å². The quantitative estimate of drug-likeness (QED) is 0.825. The maximum atomic E-state index is 11.8. The lowest BCUT2D eigenvalue weighted by atomic mass is 10.2. The van der Waals surface area contributed by atoms with Crippen LogP contribution in [0.3, 0.4) is 0 Å². The van der Waals surface area contributed by atoms with Crippen LogP contribution in [0.15, 0.2) is 18.2 Å². The van der Waals surface area contributed by atoms with Crippen molar-refractivity contribution in [2.45, 2.75) is 26.0 Å². The molecule has 0 aliphatic heterocycles. The molecule has 1 unspecified atom stereocenters. The van der Waals surface area contributed by atoms with E-state index in [2.05, 4.69) is 13.8 Å². The van der Waals surface area contributed by atoms with Crippen LogP contribution in [-0.2, 0) is 16.6 Å². The van der Waals surface area contributed by atoms with Crippen LogP contribution in [0, 0.1) is 5.92 Å². The summed E-state index contributed by atoms with van der Waals surface area (Å²) in [5.41, 5.74) is 7.25. The number of anilines is 1. The Hall–Kier alpha value is -0.540. The van der Waals surface area contributed by atoms with Crippen LogP contribution in [0.25, 0.3) is 0 Å². The van der Waals surface area contributed by atoms with Crippen molar-refractivity contribution in [3.63, 3.8) is 0 Å². The zero-order chi connectivity index (χ0) is 12.1. The fourth-order valence-corrected chi connectivity index (χ4v) is 3.18. The van der Waals surface area contributed by atoms with E-state index in [0.29, 0.717) is 28.1 Å². The van der Waals surface area contributed by atoms with Gasteiger partial charge in [-0.25, -0.2) is 0 Å². The standard InChI is InChI=1S/C12H18ClNOS/c1-9(2)6-7-16(15)8-10-11(13)4-3-5-12(10)14/h3-5,9H,6-8,14H2,1-2H3. The van der Waals surface area contributed by atoms with E-state index in [4.69, 9.17) is 17.3 Å². The lowest BCUT2D eigenvalue weighted by Crippen LogP contribution is -2.06. The molecule has 90 valence electrons. The average molecular weight is 260 g/mol. The lowest BCUT2D eigenvalue weighted by molar-refractivity contribution is 0.619. The molecule has 0 spiro atoms. The first kappa shape index (κ1) is 13.5. The van der Waals surface area contributed by atoms with E-state index in [1.54, 1.807) is 18.2 Å². The van der Waals surface area contributed by atoms with E-state index < -0.39 is 10.8 Å². The maximum absolute atomic E-state index is 11.8. The maximum Gasteiger partial charge on any atom is 0.0520 e. The molecule has 0 heterocycles. The van der Waals surface area contributed by atoms with E-state index in [1.807, 2.05) is 0 Å². The molecule has 4 heteroatoms. The molecule has 0 aromatic heterocycles. The number of nitrogen functional groups attached to an aromatic ring is 1. The highest BCUT2D eigenvalue weighted by molar-refractivity contribution is 7.84. The van der Waals surface area contributed by atoms with Gasteiger partial charge in [-0.2, -0.15) is 0 Å². The molecule has 1 atom stereocenters. The van der Waals surface area contributed by atoms with Gasteiger partial charge >= 0.3 is 0 Å². The number of halogens is 1. The second kappa shape index (κ2) is 6.26. The molecule has 0 amide bonds. The van der Waals surface area contributed by atoms with E-state index in [0.717, 1.165) is 12.0 Å². The first-order valence-electron chi connectivity index (χ1n) is 5.38. The van der Waals surface area contributed by atoms with E-state index in [1.165, 1.54) is 0 Å². The molecule has 0 radical (unpaired) electrons. The van der Waals surface area contributed by atoms with E-state index in [-0.39, 0.29) is 0 Å². The molecule has 1 rings (SSSR count). The highest BCUT2D eigenvalue weighted by Gasteiger charge is 2.09. The van der Waals surface area contributed by atoms with Crippen LogP contribution in [0.2, 0.25) is 5.02 Å². The summed E-state index contributed by atoms with van der Waals surface area (Å²) in [7, 11) is -0.877. The highest BCUT2D eigenvalue weighted by Crippen LogP contribution is 2.23. The van der Waals surface area contributed by atoms with Crippen molar-refractivity contribution in [2.24, 2.45) is 5.92 Å². The van der Waals surface area contributed by atoms with Gasteiger partial charge < -0.3 is 5.73 Å². The van der Waals surface area contributed by atoms with Crippen molar-refractivity contribution < 1.29 is 4.21 Å². The summed E-state index contributed by atoms with van der Waals surface area (Å²) in [6, 6.07) is 5.38. The predicted octanol–water partition coefficient (Wildman–Crippen LogP) is 3.22. The molecule has 1 aromatic carbocycles. The third kappa shape index (κ3) is 4.14. The Balaban J connectivity index is 2.63. The monoisotopic (exact) mass is 259 g/mol. The first-order chi connectivity index (χ1) is 7.50. The van der Waals surface area contributed by atoms with E-state index in [9.17, 15) is 4.21 Å². The number of benzene rings is 1. The minimum atomic E-state index is -0.877. The third-order valence-corrected chi connectivity index (χ3v) is 4.04. The molecule has 0 aliphatic carbocycles. The summed E-state index contributed by atoms with van der Waals surface area (Å²) in [5, 5.41) is 0.609. The molecule has 2 nitrogen and oxygen atoms in total. The van der Waals surface area contributed by atoms with Crippen LogP contribution in [0.5, 0.6) is 0 Å². The molecule has 0 saturated carbocycles. The summed E-state index contributed by atoms with van der Waals surface area (Å²) in [4.78, 5) is 0. The third-order valence-electron chi connectivity index (χ3n) is 2.38. The van der Waals surface area contributed by atoms with Crippen LogP contribution < -0.4 is 5.73 Å². The highest BCUT2D eigenvalue weighted by atomic mass is 35.5. The van der Waals surface area contributed by atoms with E-state index >= 15 is 0 Å². The van der Waals surface area contributed by atoms with Gasteiger partial charge in [-0.05, 0) is 24.5 Å². The van der Waals surface area contributed by atoms with Crippen LogP contribution in [-0.4, -0.2) is 9.96 Å². The van der Waals surface area contributed by atoms with Crippen molar-refractivity contribution in [3.8, 4) is 0 Å². The fourth-order valence-electron chi connectivity index (χ4n) is 1.33. The van der Waals surface area contributed by atoms with Crippen molar-refractivity contribution in [2.75, 3.05) is 11.5 Å². The first-order valence-corrected chi connectivity index (χ1v) is 7.25. The second-order valence-electron chi connectivity index (χ2n) is 4.28. The van der Waals surface area contributed by atoms with Crippen molar-refractivity contribution in [3.05, 3.63) is 28.8 Å². The number of nitrogens with two attached hydrogens (primary N) is 1. The van der Waals surface area contributed by atoms with Crippen molar-refractivity contribution in [1.29, 1.82) is 0 Å². The normalized spacial score (nSPS) is 13.0. The zero-order valence-electron chi connectivity index (χ0n) is 9.70. The fraction of sp³-hybridized carbons (Fsp3) is 0.500. The molecule has 0 saturated heterocycles. The largest absolute Gasteiger partial charge is 0.398 e. The Bertz CT molecular complexity index is 359. The molecule has 1 aromatic rings. The van der Waals surface area contributed by atoms with Gasteiger partial charge in [-0.1, -0.05) is 31.5 Å². The zero-order valence-corrected chi connectivity index (χ0v) is 11.3. The molecular weight excluding hydrogens is 242 g/mol. The molecule has 0 fully saturated rings. The van der Waals surface area contributed by atoms with Crippen molar-refractivity contribution in [1.82, 2.24) is 0 Å². The Morgan fingerprint density at radius 1 is 1.44 bits per heavy atom. The topological polar surface area (TPSA) is 43.1 Å². The second-order valence-corrected chi connectivity index (χ2v) is 6.26. The van der Waals surface area contributed by atoms with Gasteiger partial charge in [0.2, 0.25) is 0 Å². The van der Waals surface area contributed by atoms with Gasteiger partial charge in [0.1, 0.15) is 0 Å². The van der Waals surface area contributed by atoms with Crippen LogP contribution >= 0.6 is 11.6 Å². The molecule has 0 aliphatic rings. The minimum absolute atomic E-state index is 0.457. The lowest BCUT2D eigenvalue weighted by Gasteiger charge is -2.08. The smallest absolute Gasteiger partial charge is 0.0520 e. The van der Waals surface area contributed by atoms with Gasteiger partial charge in [0.15, 0.2) is 0 Å². The van der Waals surface area contributed by atoms with Crippen LogP contribution in [0.4, 0.5) is 5.69 Å². The summed E-state index contributed by atoms with van der Waals surface area (Å²) < 4.78 is 11.8. The van der Waals surface area contributed by atoms with Gasteiger partial charge in [-0.3, -0.25) is 4.21 Å². The minimum Gasteiger partial charge on any atom is -0.398 e. The SMILES string of the molecule is CC(C)CCS(=O)Cc1c(N)cccc1Cl. The Morgan fingerprint density at radius 2 is 2.12 bits per heavy atom. The Morgan fingerprint density at radius 3 is 2.69 bits per heavy atom. The summed E-state index contributed by atoms with van der Waals surface area (Å²) in [6.07, 6.45) is 0.969. The average Bonchev–Trinajstić information content (AvgIpc) is 2.21. The van der Waals surface area contributed by atoms with Gasteiger partial charge in [0.05, 0.1) is 5.75 Å². The number of rotatable bonds is 5. The number of hydrogen-bond donors (Lipinski definition) is 1. The Labute approximate surface area is 105 Å². The summed E-state index contributed by atoms with van der Waals surface area (Å²) in [6.45, 7) is 4.25. The molecular formula is C12H18ClNOS. The summed E-state index contributed by atoms with van der Waals surface area (Å²) >= 11 is 6.02. The predicted molar refractivity (Wildman–Crippen MR) is 72.0 cm³/mol. The molecule has 16 heavy (non-hydrogen) atoms.